The van der Waals surface area contributed by atoms with Crippen LogP contribution in [0.25, 0.3) is 11.0 Å². The molecule has 3 heterocycles. The van der Waals surface area contributed by atoms with Gasteiger partial charge >= 0.3 is 0 Å². The van der Waals surface area contributed by atoms with Crippen molar-refractivity contribution in [2.45, 2.75) is 31.4 Å². The van der Waals surface area contributed by atoms with Crippen LogP contribution in [-0.4, -0.2) is 57.8 Å². The number of nitrogens with one attached hydrogen (secondary N) is 1. The van der Waals surface area contributed by atoms with Crippen LogP contribution in [-0.2, 0) is 11.3 Å². The maximum atomic E-state index is 10.1. The minimum atomic E-state index is -0.724. The van der Waals surface area contributed by atoms with Gasteiger partial charge in [-0.05, 0) is 28.1 Å². The first-order valence-electron chi connectivity index (χ1n) is 9.46. The van der Waals surface area contributed by atoms with Gasteiger partial charge in [0.25, 0.3) is 0 Å². The van der Waals surface area contributed by atoms with Gasteiger partial charge in [0.05, 0.1) is 32.3 Å². The van der Waals surface area contributed by atoms with Gasteiger partial charge in [-0.3, -0.25) is 0 Å². The summed E-state index contributed by atoms with van der Waals surface area (Å²) in [5.74, 6) is 2.09. The summed E-state index contributed by atoms with van der Waals surface area (Å²) in [5.41, 5.74) is 1.62. The Balaban J connectivity index is 1.61. The number of hydrogen-bond acceptors (Lipinski definition) is 8. The molecule has 3 aromatic rings. The summed E-state index contributed by atoms with van der Waals surface area (Å²) in [6, 6.07) is 5.65. The molecule has 0 unspecified atom stereocenters. The van der Waals surface area contributed by atoms with Crippen molar-refractivity contribution in [1.29, 1.82) is 0 Å². The number of halogens is 1. The zero-order valence-corrected chi connectivity index (χ0v) is 18.2. The summed E-state index contributed by atoms with van der Waals surface area (Å²) in [6.07, 6.45) is 1.96. The number of rotatable bonds is 7. The van der Waals surface area contributed by atoms with E-state index in [1.54, 1.807) is 14.2 Å². The van der Waals surface area contributed by atoms with Crippen LogP contribution in [0, 0.1) is 0 Å². The number of methoxy groups -OCH3 is 2. The normalized spacial score (nSPS) is 21.2. The molecule has 1 aliphatic rings. The fourth-order valence-corrected chi connectivity index (χ4v) is 4.21. The topological polar surface area (TPSA) is 111 Å². The van der Waals surface area contributed by atoms with Crippen molar-refractivity contribution in [3.8, 4) is 11.5 Å². The van der Waals surface area contributed by atoms with E-state index >= 15 is 0 Å². The summed E-state index contributed by atoms with van der Waals surface area (Å²) < 4.78 is 19.1. The van der Waals surface area contributed by atoms with Gasteiger partial charge in [0.1, 0.15) is 41.6 Å². The van der Waals surface area contributed by atoms with Crippen molar-refractivity contribution in [2.24, 2.45) is 0 Å². The summed E-state index contributed by atoms with van der Waals surface area (Å²) >= 11 is 3.59. The maximum Gasteiger partial charge on any atom is 0.148 e. The van der Waals surface area contributed by atoms with Crippen LogP contribution in [0.1, 0.15) is 18.2 Å². The smallest absolute Gasteiger partial charge is 0.148 e. The van der Waals surface area contributed by atoms with Crippen LogP contribution in [0.15, 0.2) is 35.2 Å². The van der Waals surface area contributed by atoms with Gasteiger partial charge in [-0.1, -0.05) is 0 Å². The third-order valence-corrected chi connectivity index (χ3v) is 5.80. The summed E-state index contributed by atoms with van der Waals surface area (Å²) in [6.45, 7) is 0.256. The van der Waals surface area contributed by atoms with E-state index in [0.29, 0.717) is 30.2 Å². The fourth-order valence-electron chi connectivity index (χ4n) is 3.62. The standard InChI is InChI=1S/C20H23BrN4O5/c1-28-12-4-3-11(15(5-12)29-2)7-22-19-18-13(21)8-25(20(18)24-10-23-19)17-6-14(27)16(9-26)30-17/h3-5,8,10,14,16-17,26-27H,6-7,9H2,1-2H3,(H,22,23,24)/t14-,16+,17+/m0/s1. The molecule has 2 aromatic heterocycles. The molecule has 1 saturated heterocycles. The molecule has 0 bridgehead atoms. The number of anilines is 1. The average molecular weight is 479 g/mol. The van der Waals surface area contributed by atoms with Crippen molar-refractivity contribution < 1.29 is 24.4 Å². The van der Waals surface area contributed by atoms with E-state index in [4.69, 9.17) is 14.2 Å². The third-order valence-electron chi connectivity index (χ3n) is 5.20. The Hall–Kier alpha value is -2.40. The molecule has 1 aliphatic heterocycles. The zero-order chi connectivity index (χ0) is 21.3. The molecule has 0 radical (unpaired) electrons. The van der Waals surface area contributed by atoms with Crippen LogP contribution in [0.4, 0.5) is 5.82 Å². The van der Waals surface area contributed by atoms with Gasteiger partial charge in [0, 0.05) is 35.3 Å². The quantitative estimate of drug-likeness (QED) is 0.474. The molecule has 10 heteroatoms. The lowest BCUT2D eigenvalue weighted by Gasteiger charge is -2.15. The number of nitrogens with zero attached hydrogens (tertiary/aromatic N) is 3. The molecule has 0 aliphatic carbocycles. The third kappa shape index (κ3) is 3.83. The summed E-state index contributed by atoms with van der Waals surface area (Å²) in [7, 11) is 3.23. The molecule has 3 N–H and O–H groups in total. The van der Waals surface area contributed by atoms with E-state index in [2.05, 4.69) is 31.2 Å². The molecular formula is C20H23BrN4O5. The van der Waals surface area contributed by atoms with E-state index in [-0.39, 0.29) is 6.61 Å². The van der Waals surface area contributed by atoms with Gasteiger partial charge in [-0.15, -0.1) is 0 Å². The van der Waals surface area contributed by atoms with E-state index in [0.717, 1.165) is 21.2 Å². The zero-order valence-electron chi connectivity index (χ0n) is 16.6. The lowest BCUT2D eigenvalue weighted by molar-refractivity contribution is -0.0430. The van der Waals surface area contributed by atoms with E-state index < -0.39 is 18.4 Å². The molecule has 1 fully saturated rings. The van der Waals surface area contributed by atoms with Crippen molar-refractivity contribution in [2.75, 3.05) is 26.1 Å². The second kappa shape index (κ2) is 8.76. The van der Waals surface area contributed by atoms with Gasteiger partial charge in [-0.2, -0.15) is 0 Å². The molecule has 0 spiro atoms. The van der Waals surface area contributed by atoms with Crippen LogP contribution < -0.4 is 14.8 Å². The highest BCUT2D eigenvalue weighted by atomic mass is 79.9. The molecule has 1 aromatic carbocycles. The molecule has 9 nitrogen and oxygen atoms in total. The second-order valence-electron chi connectivity index (χ2n) is 6.95. The number of benzene rings is 1. The Bertz CT molecular complexity index is 1040. The molecule has 0 saturated carbocycles. The SMILES string of the molecule is COc1ccc(CNc2ncnc3c2c(Br)cn3[C@H]2C[C@H](O)[C@@H](CO)O2)c(OC)c1. The van der Waals surface area contributed by atoms with Gasteiger partial charge in [0.2, 0.25) is 0 Å². The summed E-state index contributed by atoms with van der Waals surface area (Å²) in [5, 5.41) is 23.6. The number of hydrogen-bond donors (Lipinski definition) is 3. The minimum Gasteiger partial charge on any atom is -0.497 e. The van der Waals surface area contributed by atoms with Gasteiger partial charge in [0.15, 0.2) is 0 Å². The van der Waals surface area contributed by atoms with Crippen molar-refractivity contribution >= 4 is 32.8 Å². The van der Waals surface area contributed by atoms with Crippen LogP contribution in [0.2, 0.25) is 0 Å². The first-order valence-corrected chi connectivity index (χ1v) is 10.2. The molecule has 30 heavy (non-hydrogen) atoms. The number of aliphatic hydroxyl groups is 2. The maximum absolute atomic E-state index is 10.1. The second-order valence-corrected chi connectivity index (χ2v) is 7.81. The lowest BCUT2D eigenvalue weighted by atomic mass is 10.2. The highest BCUT2D eigenvalue weighted by molar-refractivity contribution is 9.10. The Labute approximate surface area is 181 Å². The van der Waals surface area contributed by atoms with Crippen LogP contribution >= 0.6 is 15.9 Å². The van der Waals surface area contributed by atoms with E-state index in [1.165, 1.54) is 6.33 Å². The Kier molecular flexibility index (Phi) is 6.09. The molecule has 0 amide bonds. The number of aromatic nitrogens is 3. The summed E-state index contributed by atoms with van der Waals surface area (Å²) in [4.78, 5) is 8.81. The Morgan fingerprint density at radius 3 is 2.83 bits per heavy atom. The fraction of sp³-hybridized carbons (Fsp3) is 0.400. The largest absolute Gasteiger partial charge is 0.497 e. The van der Waals surface area contributed by atoms with E-state index in [9.17, 15) is 10.2 Å². The monoisotopic (exact) mass is 478 g/mol. The molecule has 4 rings (SSSR count). The molecule has 3 atom stereocenters. The minimum absolute atomic E-state index is 0.233. The number of ether oxygens (including phenoxy) is 3. The molecule has 160 valence electrons. The Morgan fingerprint density at radius 1 is 1.30 bits per heavy atom. The van der Waals surface area contributed by atoms with Crippen LogP contribution in [0.3, 0.4) is 0 Å². The highest BCUT2D eigenvalue weighted by Crippen LogP contribution is 2.37. The van der Waals surface area contributed by atoms with Crippen molar-refractivity contribution in [1.82, 2.24) is 14.5 Å². The van der Waals surface area contributed by atoms with Crippen LogP contribution in [0.5, 0.6) is 11.5 Å². The number of aliphatic hydroxyl groups excluding tert-OH is 2. The van der Waals surface area contributed by atoms with Crippen molar-refractivity contribution in [3.05, 3.63) is 40.8 Å². The van der Waals surface area contributed by atoms with Gasteiger partial charge < -0.3 is 34.3 Å². The average Bonchev–Trinajstić information content (AvgIpc) is 3.31. The van der Waals surface area contributed by atoms with Crippen molar-refractivity contribution in [3.63, 3.8) is 0 Å². The first-order chi connectivity index (χ1) is 14.5. The Morgan fingerprint density at radius 2 is 2.13 bits per heavy atom. The predicted octanol–water partition coefficient (Wildman–Crippen LogP) is 2.46. The number of fused-ring (bicyclic) bond motifs is 1. The lowest BCUT2D eigenvalue weighted by Crippen LogP contribution is -2.24. The highest BCUT2D eigenvalue weighted by Gasteiger charge is 2.35. The van der Waals surface area contributed by atoms with E-state index in [1.807, 2.05) is 29.0 Å². The first kappa shape index (κ1) is 20.9. The molecular weight excluding hydrogens is 456 g/mol. The van der Waals surface area contributed by atoms with Gasteiger partial charge in [-0.25, -0.2) is 9.97 Å². The predicted molar refractivity (Wildman–Crippen MR) is 114 cm³/mol.